The maximum atomic E-state index is 14.0. The molecule has 3 aromatic heterocycles. The van der Waals surface area contributed by atoms with E-state index in [0.29, 0.717) is 38.0 Å². The molecule has 1 saturated heterocycles. The van der Waals surface area contributed by atoms with Gasteiger partial charge in [-0.05, 0) is 46.1 Å². The van der Waals surface area contributed by atoms with Crippen LogP contribution >= 0.6 is 23.4 Å². The van der Waals surface area contributed by atoms with Crippen molar-refractivity contribution < 1.29 is 19.0 Å². The highest BCUT2D eigenvalue weighted by atomic mass is 35.5. The van der Waals surface area contributed by atoms with Gasteiger partial charge in [0.25, 0.3) is 5.56 Å². The Balaban J connectivity index is 1.44. The Labute approximate surface area is 252 Å². The van der Waals surface area contributed by atoms with Crippen LogP contribution in [0.5, 0.6) is 0 Å². The molecule has 1 aromatic carbocycles. The van der Waals surface area contributed by atoms with Gasteiger partial charge in [-0.3, -0.25) is 14.3 Å². The van der Waals surface area contributed by atoms with Crippen LogP contribution in [0.1, 0.15) is 26.5 Å². The van der Waals surface area contributed by atoms with Crippen molar-refractivity contribution in [1.29, 1.82) is 0 Å². The largest absolute Gasteiger partial charge is 0.444 e. The van der Waals surface area contributed by atoms with Crippen LogP contribution in [0.4, 0.5) is 4.79 Å². The fourth-order valence-corrected chi connectivity index (χ4v) is 5.07. The number of aryl methyl sites for hydroxylation is 1. The van der Waals surface area contributed by atoms with E-state index >= 15 is 0 Å². The van der Waals surface area contributed by atoms with Crippen molar-refractivity contribution in [3.8, 4) is 22.4 Å². The summed E-state index contributed by atoms with van der Waals surface area (Å²) in [7, 11) is 0. The predicted molar refractivity (Wildman–Crippen MR) is 161 cm³/mol. The molecule has 1 aliphatic rings. The Bertz CT molecular complexity index is 1680. The normalized spacial score (nSPS) is 17.3. The Morgan fingerprint density at radius 3 is 2.57 bits per heavy atom. The highest BCUT2D eigenvalue weighted by molar-refractivity contribution is 7.98. The van der Waals surface area contributed by atoms with Gasteiger partial charge in [-0.2, -0.15) is 0 Å². The van der Waals surface area contributed by atoms with Gasteiger partial charge in [0.1, 0.15) is 11.2 Å². The summed E-state index contributed by atoms with van der Waals surface area (Å²) in [6.45, 7) is 7.69. The van der Waals surface area contributed by atoms with Crippen molar-refractivity contribution in [2.75, 3.05) is 19.5 Å². The van der Waals surface area contributed by atoms with Gasteiger partial charge >= 0.3 is 6.09 Å². The molecule has 13 heteroatoms. The van der Waals surface area contributed by atoms with Crippen LogP contribution in [0.2, 0.25) is 5.02 Å². The van der Waals surface area contributed by atoms with Gasteiger partial charge in [0.15, 0.2) is 11.4 Å². The molecule has 1 fully saturated rings. The van der Waals surface area contributed by atoms with E-state index in [-0.39, 0.29) is 25.3 Å². The number of rotatable bonds is 6. The number of carbonyl (C=O) groups is 1. The topological polar surface area (TPSA) is 130 Å². The number of carbonyl (C=O) groups excluding carboxylic acids is 1. The van der Waals surface area contributed by atoms with Gasteiger partial charge < -0.3 is 19.5 Å². The molecule has 220 valence electrons. The number of benzene rings is 1. The summed E-state index contributed by atoms with van der Waals surface area (Å²) in [5.41, 5.74) is 2.72. The lowest BCUT2D eigenvalue weighted by Crippen LogP contribution is -2.49. The first kappa shape index (κ1) is 29.9. The van der Waals surface area contributed by atoms with Gasteiger partial charge in [-0.1, -0.05) is 35.5 Å². The van der Waals surface area contributed by atoms with Gasteiger partial charge in [-0.15, -0.1) is 0 Å². The van der Waals surface area contributed by atoms with Crippen LogP contribution in [0.15, 0.2) is 52.8 Å². The first-order chi connectivity index (χ1) is 20.0. The van der Waals surface area contributed by atoms with E-state index in [4.69, 9.17) is 25.8 Å². The molecule has 0 atom stereocenters. The molecule has 42 heavy (non-hydrogen) atoms. The number of thioether (sulfide) groups is 1. The second-order valence-electron chi connectivity index (χ2n) is 10.8. The van der Waals surface area contributed by atoms with Crippen LogP contribution in [0, 0.1) is 6.92 Å². The molecule has 0 radical (unpaired) electrons. The van der Waals surface area contributed by atoms with E-state index in [1.807, 2.05) is 19.2 Å². The summed E-state index contributed by atoms with van der Waals surface area (Å²) < 4.78 is 18.6. The van der Waals surface area contributed by atoms with Crippen molar-refractivity contribution >= 4 is 40.5 Å². The predicted octanol–water partition coefficient (Wildman–Crippen LogP) is 4.87. The number of aromatic nitrogens is 5. The zero-order valence-corrected chi connectivity index (χ0v) is 25.5. The van der Waals surface area contributed by atoms with Gasteiger partial charge in [0.05, 0.1) is 43.4 Å². The number of amides is 1. The quantitative estimate of drug-likeness (QED) is 0.238. The number of fused-ring (bicyclic) bond motifs is 1. The lowest BCUT2D eigenvalue weighted by atomic mass is 10.0. The van der Waals surface area contributed by atoms with Crippen molar-refractivity contribution in [3.63, 3.8) is 0 Å². The average molecular weight is 611 g/mol. The molecule has 0 aliphatic carbocycles. The molecule has 1 N–H and O–H groups in total. The molecule has 11 nitrogen and oxygen atoms in total. The Hall–Kier alpha value is -3.58. The molecule has 1 amide bonds. The van der Waals surface area contributed by atoms with Crippen LogP contribution < -0.4 is 10.9 Å². The zero-order valence-electron chi connectivity index (χ0n) is 23.9. The minimum Gasteiger partial charge on any atom is -0.444 e. The third kappa shape index (κ3) is 6.89. The van der Waals surface area contributed by atoms with Crippen molar-refractivity contribution in [1.82, 2.24) is 29.8 Å². The van der Waals surface area contributed by atoms with E-state index in [1.54, 1.807) is 57.6 Å². The van der Waals surface area contributed by atoms with E-state index in [9.17, 15) is 9.59 Å². The van der Waals surface area contributed by atoms with Crippen molar-refractivity contribution in [2.45, 2.75) is 57.3 Å². The van der Waals surface area contributed by atoms with Crippen molar-refractivity contribution in [3.05, 3.63) is 63.9 Å². The van der Waals surface area contributed by atoms with Crippen LogP contribution in [-0.4, -0.2) is 68.0 Å². The van der Waals surface area contributed by atoms with Crippen LogP contribution in [0.3, 0.4) is 0 Å². The Morgan fingerprint density at radius 1 is 1.14 bits per heavy atom. The summed E-state index contributed by atoms with van der Waals surface area (Å²) >= 11 is 8.11. The SMILES string of the molecule is CSc1ncc2cc(-c3ccc(-c4cncc(C)n4)cc3Cl)c(=O)n(CC3OCC(NC(=O)OC(C)(C)C)CO3)c2n1. The fraction of sp³-hybridized carbons (Fsp3) is 0.379. The third-order valence-corrected chi connectivity index (χ3v) is 7.19. The van der Waals surface area contributed by atoms with E-state index in [0.717, 1.165) is 11.3 Å². The monoisotopic (exact) mass is 610 g/mol. The highest BCUT2D eigenvalue weighted by Crippen LogP contribution is 2.31. The fourth-order valence-electron chi connectivity index (χ4n) is 4.45. The summed E-state index contributed by atoms with van der Waals surface area (Å²) in [5, 5.41) is 4.32. The maximum Gasteiger partial charge on any atom is 0.408 e. The molecule has 4 aromatic rings. The van der Waals surface area contributed by atoms with E-state index in [2.05, 4.69) is 25.3 Å². The first-order valence-electron chi connectivity index (χ1n) is 13.3. The molecule has 0 bridgehead atoms. The molecule has 0 saturated carbocycles. The van der Waals surface area contributed by atoms with E-state index in [1.165, 1.54) is 16.3 Å². The summed E-state index contributed by atoms with van der Waals surface area (Å²) in [6.07, 6.45) is 5.60. The lowest BCUT2D eigenvalue weighted by molar-refractivity contribution is -0.194. The third-order valence-electron chi connectivity index (χ3n) is 6.32. The Morgan fingerprint density at radius 2 is 1.90 bits per heavy atom. The van der Waals surface area contributed by atoms with Crippen molar-refractivity contribution in [2.24, 2.45) is 0 Å². The highest BCUT2D eigenvalue weighted by Gasteiger charge is 2.27. The maximum absolute atomic E-state index is 14.0. The minimum atomic E-state index is -0.747. The van der Waals surface area contributed by atoms with Gasteiger partial charge in [-0.25, -0.2) is 19.7 Å². The molecule has 0 spiro atoms. The minimum absolute atomic E-state index is 0.0712. The summed E-state index contributed by atoms with van der Waals surface area (Å²) in [6, 6.07) is 6.78. The van der Waals surface area contributed by atoms with E-state index < -0.39 is 24.0 Å². The molecule has 4 heterocycles. The smallest absolute Gasteiger partial charge is 0.408 e. The molecule has 5 rings (SSSR count). The average Bonchev–Trinajstić information content (AvgIpc) is 2.94. The zero-order chi connectivity index (χ0) is 30.0. The molecular weight excluding hydrogens is 580 g/mol. The number of nitrogens with zero attached hydrogens (tertiary/aromatic N) is 5. The van der Waals surface area contributed by atoms with Crippen LogP contribution in [-0.2, 0) is 20.8 Å². The van der Waals surface area contributed by atoms with Gasteiger partial charge in [0.2, 0.25) is 0 Å². The number of hydrogen-bond donors (Lipinski definition) is 1. The number of ether oxygens (including phenoxy) is 3. The summed E-state index contributed by atoms with van der Waals surface area (Å²) in [5.74, 6) is 0. The molecule has 0 unspecified atom stereocenters. The molecule has 1 aliphatic heterocycles. The standard InChI is InChI=1S/C29H31ClN6O5S/c1-16-10-31-12-23(33-16)17-6-7-20(22(30)9-17)21-8-18-11-32-27(42-5)35-25(18)36(26(21)37)13-24-39-14-19(15-40-24)34-28(38)41-29(2,3)4/h6-12,19,24H,13-15H2,1-5H3,(H,34,38). The van der Waals surface area contributed by atoms with Crippen LogP contribution in [0.25, 0.3) is 33.4 Å². The lowest BCUT2D eigenvalue weighted by Gasteiger charge is -2.31. The number of nitrogens with one attached hydrogen (secondary N) is 1. The first-order valence-corrected chi connectivity index (χ1v) is 14.9. The number of hydrogen-bond acceptors (Lipinski definition) is 10. The Kier molecular flexibility index (Phi) is 8.78. The number of halogens is 1. The number of alkyl carbamates (subject to hydrolysis) is 1. The molecular formula is C29H31ClN6O5S. The second kappa shape index (κ2) is 12.3. The van der Waals surface area contributed by atoms with Gasteiger partial charge in [0, 0.05) is 39.5 Å². The number of pyridine rings is 1. The second-order valence-corrected chi connectivity index (χ2v) is 12.0. The summed E-state index contributed by atoms with van der Waals surface area (Å²) in [4.78, 5) is 43.9.